The number of hydrogen-bond donors (Lipinski definition) is 0. The van der Waals surface area contributed by atoms with Crippen LogP contribution in [0.25, 0.3) is 16.7 Å². The summed E-state index contributed by atoms with van der Waals surface area (Å²) in [5.74, 6) is 1.58. The van der Waals surface area contributed by atoms with E-state index in [2.05, 4.69) is 15.2 Å². The van der Waals surface area contributed by atoms with Crippen LogP contribution in [-0.2, 0) is 10.0 Å². The summed E-state index contributed by atoms with van der Waals surface area (Å²) >= 11 is 1.20. The van der Waals surface area contributed by atoms with Crippen LogP contribution in [0.5, 0.6) is 0 Å². The van der Waals surface area contributed by atoms with E-state index in [4.69, 9.17) is 0 Å². The molecule has 0 atom stereocenters. The van der Waals surface area contributed by atoms with Crippen molar-refractivity contribution in [2.75, 3.05) is 10.8 Å². The van der Waals surface area contributed by atoms with E-state index in [1.165, 1.54) is 15.6 Å². The predicted octanol–water partition coefficient (Wildman–Crippen LogP) is 3.43. The molecule has 7 nitrogen and oxygen atoms in total. The molecule has 27 heavy (non-hydrogen) atoms. The van der Waals surface area contributed by atoms with Crippen molar-refractivity contribution in [3.63, 3.8) is 0 Å². The third-order valence-electron chi connectivity index (χ3n) is 4.74. The molecule has 138 valence electrons. The maximum Gasteiger partial charge on any atom is 0.275 e. The highest BCUT2D eigenvalue weighted by Gasteiger charge is 2.33. The van der Waals surface area contributed by atoms with Crippen molar-refractivity contribution in [1.82, 2.24) is 19.6 Å². The zero-order chi connectivity index (χ0) is 18.6. The minimum absolute atomic E-state index is 0.257. The summed E-state index contributed by atoms with van der Waals surface area (Å²) in [7, 11) is -3.71. The molecule has 1 aromatic carbocycles. The van der Waals surface area contributed by atoms with Crippen LogP contribution in [0.2, 0.25) is 0 Å². The first kappa shape index (κ1) is 16.6. The molecule has 5 rings (SSSR count). The van der Waals surface area contributed by atoms with Crippen molar-refractivity contribution in [2.24, 2.45) is 0 Å². The lowest BCUT2D eigenvalue weighted by Gasteiger charge is -2.21. The van der Waals surface area contributed by atoms with Gasteiger partial charge in [-0.3, -0.25) is 4.40 Å². The largest absolute Gasteiger partial charge is 0.275 e. The molecule has 0 radical (unpaired) electrons. The Hall–Kier alpha value is -2.52. The second kappa shape index (κ2) is 6.00. The fourth-order valence-electron chi connectivity index (χ4n) is 3.32. The Morgan fingerprint density at radius 3 is 2.70 bits per heavy atom. The van der Waals surface area contributed by atoms with Gasteiger partial charge in [0.2, 0.25) is 5.65 Å². The number of sulfonamides is 1. The summed E-state index contributed by atoms with van der Waals surface area (Å²) < 4.78 is 30.0. The molecule has 3 aromatic heterocycles. The van der Waals surface area contributed by atoms with E-state index in [1.807, 2.05) is 28.7 Å². The lowest BCUT2D eigenvalue weighted by atomic mass is 10.3. The predicted molar refractivity (Wildman–Crippen MR) is 105 cm³/mol. The van der Waals surface area contributed by atoms with Crippen LogP contribution in [0.15, 0.2) is 46.0 Å². The topological polar surface area (TPSA) is 80.5 Å². The maximum atomic E-state index is 13.2. The van der Waals surface area contributed by atoms with Gasteiger partial charge < -0.3 is 0 Å². The molecule has 0 bridgehead atoms. The third kappa shape index (κ3) is 2.53. The molecular weight excluding hydrogens is 382 g/mol. The smallest absolute Gasteiger partial charge is 0.274 e. The van der Waals surface area contributed by atoms with Crippen LogP contribution in [0.4, 0.5) is 5.82 Å². The fraction of sp³-hybridized carbons (Fsp3) is 0.278. The van der Waals surface area contributed by atoms with Gasteiger partial charge in [0.25, 0.3) is 10.0 Å². The summed E-state index contributed by atoms with van der Waals surface area (Å²) in [5.41, 5.74) is 2.10. The van der Waals surface area contributed by atoms with Crippen LogP contribution in [0.1, 0.15) is 31.5 Å². The average molecular weight is 400 g/mol. The van der Waals surface area contributed by atoms with E-state index >= 15 is 0 Å². The zero-order valence-corrected chi connectivity index (χ0v) is 16.2. The van der Waals surface area contributed by atoms with Gasteiger partial charge in [0.05, 0.1) is 11.0 Å². The van der Waals surface area contributed by atoms with Gasteiger partial charge in [-0.05, 0) is 43.3 Å². The van der Waals surface area contributed by atoms with Crippen molar-refractivity contribution >= 4 is 43.9 Å². The Bertz CT molecular complexity index is 1240. The highest BCUT2D eigenvalue weighted by Crippen LogP contribution is 2.41. The number of rotatable bonds is 5. The summed E-state index contributed by atoms with van der Waals surface area (Å²) in [5, 5.41) is 10.5. The van der Waals surface area contributed by atoms with Crippen LogP contribution in [0.3, 0.4) is 0 Å². The maximum absolute atomic E-state index is 13.2. The lowest BCUT2D eigenvalue weighted by molar-refractivity contribution is 0.593. The molecular formula is C18H17N5O2S2. The minimum Gasteiger partial charge on any atom is -0.274 e. The highest BCUT2D eigenvalue weighted by molar-refractivity contribution is 7.94. The number of fused-ring (bicyclic) bond motifs is 3. The third-order valence-corrected chi connectivity index (χ3v) is 7.98. The number of thiophene rings is 1. The molecule has 0 amide bonds. The van der Waals surface area contributed by atoms with Crippen LogP contribution >= 0.6 is 11.3 Å². The molecule has 4 aromatic rings. The summed E-state index contributed by atoms with van der Waals surface area (Å²) in [6, 6.07) is 11.0. The summed E-state index contributed by atoms with van der Waals surface area (Å²) in [4.78, 5) is 4.67. The molecule has 0 N–H and O–H groups in total. The number of nitrogens with zero attached hydrogens (tertiary/aromatic N) is 5. The molecule has 0 spiro atoms. The van der Waals surface area contributed by atoms with Crippen molar-refractivity contribution in [3.05, 3.63) is 47.6 Å². The molecule has 0 unspecified atom stereocenters. The number of para-hydroxylation sites is 2. The van der Waals surface area contributed by atoms with Gasteiger partial charge in [-0.15, -0.1) is 21.5 Å². The molecule has 1 aliphatic rings. The number of benzene rings is 1. The van der Waals surface area contributed by atoms with Crippen molar-refractivity contribution in [2.45, 2.75) is 29.9 Å². The molecule has 0 saturated heterocycles. The zero-order valence-electron chi connectivity index (χ0n) is 14.6. The normalized spacial score (nSPS) is 14.9. The number of hydrogen-bond acceptors (Lipinski definition) is 6. The molecule has 1 fully saturated rings. The van der Waals surface area contributed by atoms with Gasteiger partial charge in [-0.25, -0.2) is 17.7 Å². The summed E-state index contributed by atoms with van der Waals surface area (Å²) in [6.45, 7) is 2.06. The van der Waals surface area contributed by atoms with Gasteiger partial charge in [0.15, 0.2) is 5.82 Å². The monoisotopic (exact) mass is 399 g/mol. The number of aromatic nitrogens is 4. The molecule has 1 aliphatic carbocycles. The minimum atomic E-state index is -3.71. The first-order chi connectivity index (χ1) is 13.1. The Balaban J connectivity index is 1.81. The van der Waals surface area contributed by atoms with Gasteiger partial charge >= 0.3 is 0 Å². The molecule has 9 heteroatoms. The van der Waals surface area contributed by atoms with E-state index in [1.54, 1.807) is 24.4 Å². The first-order valence-electron chi connectivity index (χ1n) is 8.81. The van der Waals surface area contributed by atoms with Gasteiger partial charge in [-0.2, -0.15) is 0 Å². The second-order valence-electron chi connectivity index (χ2n) is 6.52. The average Bonchev–Trinajstić information content (AvgIpc) is 3.19. The van der Waals surface area contributed by atoms with E-state index in [-0.39, 0.29) is 6.54 Å². The Morgan fingerprint density at radius 1 is 1.19 bits per heavy atom. The van der Waals surface area contributed by atoms with Crippen molar-refractivity contribution in [3.8, 4) is 0 Å². The Labute approximate surface area is 160 Å². The second-order valence-corrected chi connectivity index (χ2v) is 9.55. The van der Waals surface area contributed by atoms with E-state index in [0.29, 0.717) is 21.6 Å². The first-order valence-corrected chi connectivity index (χ1v) is 11.1. The molecule has 3 heterocycles. The van der Waals surface area contributed by atoms with Gasteiger partial charge in [-0.1, -0.05) is 18.2 Å². The summed E-state index contributed by atoms with van der Waals surface area (Å²) in [6.07, 6.45) is 2.16. The molecule has 0 aliphatic heterocycles. The van der Waals surface area contributed by atoms with E-state index < -0.39 is 10.0 Å². The number of anilines is 1. The Morgan fingerprint density at radius 2 is 2.00 bits per heavy atom. The van der Waals surface area contributed by atoms with Gasteiger partial charge in [0, 0.05) is 12.5 Å². The van der Waals surface area contributed by atoms with Crippen LogP contribution < -0.4 is 4.31 Å². The fourth-order valence-corrected chi connectivity index (χ4v) is 5.85. The SMILES string of the molecule is CCN(c1nc2ccccc2n2c(C3CC3)nnc12)S(=O)(=O)c1cccs1. The van der Waals surface area contributed by atoms with Crippen LogP contribution in [-0.4, -0.2) is 34.5 Å². The highest BCUT2D eigenvalue weighted by atomic mass is 32.2. The molecule has 1 saturated carbocycles. The van der Waals surface area contributed by atoms with E-state index in [0.717, 1.165) is 29.7 Å². The Kier molecular flexibility index (Phi) is 3.70. The lowest BCUT2D eigenvalue weighted by Crippen LogP contribution is -2.31. The van der Waals surface area contributed by atoms with E-state index in [9.17, 15) is 8.42 Å². The van der Waals surface area contributed by atoms with Crippen molar-refractivity contribution in [1.29, 1.82) is 0 Å². The van der Waals surface area contributed by atoms with Crippen molar-refractivity contribution < 1.29 is 8.42 Å². The van der Waals surface area contributed by atoms with Gasteiger partial charge in [0.1, 0.15) is 10.0 Å². The standard InChI is InChI=1S/C18H17N5O2S2/c1-2-22(27(24,25)15-8-5-11-26-15)17-18-21-20-16(12-9-10-12)23(18)14-7-4-3-6-13(14)19-17/h3-8,11-12H,2,9-10H2,1H3. The van der Waals surface area contributed by atoms with Crippen LogP contribution in [0, 0.1) is 0 Å². The quantitative estimate of drug-likeness (QED) is 0.514.